The number of ether oxygens (including phenoxy) is 1. The Labute approximate surface area is 155 Å². The highest BCUT2D eigenvalue weighted by Crippen LogP contribution is 2.33. The highest BCUT2D eigenvalue weighted by Gasteiger charge is 2.13. The van der Waals surface area contributed by atoms with Crippen molar-refractivity contribution in [1.29, 1.82) is 0 Å². The van der Waals surface area contributed by atoms with Crippen LogP contribution in [0.2, 0.25) is 10.0 Å². The Morgan fingerprint density at radius 1 is 1.20 bits per heavy atom. The van der Waals surface area contributed by atoms with Crippen LogP contribution in [0.3, 0.4) is 0 Å². The van der Waals surface area contributed by atoms with Crippen LogP contribution in [0.5, 0.6) is 5.75 Å². The zero-order valence-corrected chi connectivity index (χ0v) is 15.1. The maximum atomic E-state index is 11.6. The fraction of sp³-hybridized carbons (Fsp3) is 0.158. The number of nitrogens with zero attached hydrogens (tertiary/aromatic N) is 1. The average Bonchev–Trinajstić information content (AvgIpc) is 2.64. The van der Waals surface area contributed by atoms with Gasteiger partial charge in [0.1, 0.15) is 12.4 Å². The van der Waals surface area contributed by atoms with Crippen LogP contribution in [-0.2, 0) is 11.4 Å². The van der Waals surface area contributed by atoms with Crippen LogP contribution >= 0.6 is 23.2 Å². The van der Waals surface area contributed by atoms with E-state index in [1.807, 2.05) is 24.3 Å². The number of amides is 1. The summed E-state index contributed by atoms with van der Waals surface area (Å²) in [4.78, 5) is 15.7. The Hall–Kier alpha value is -2.30. The molecule has 0 fully saturated rings. The lowest BCUT2D eigenvalue weighted by Gasteiger charge is -2.14. The molecule has 2 aromatic carbocycles. The summed E-state index contributed by atoms with van der Waals surface area (Å²) in [5, 5.41) is 5.58. The number of rotatable bonds is 5. The molecule has 3 rings (SSSR count). The third-order valence-corrected chi connectivity index (χ3v) is 4.58. The molecule has 4 nitrogen and oxygen atoms in total. The molecule has 3 aromatic rings. The molecule has 0 radical (unpaired) electrons. The molecule has 0 saturated carbocycles. The first-order chi connectivity index (χ1) is 12.1. The lowest BCUT2D eigenvalue weighted by atomic mass is 10.1. The maximum absolute atomic E-state index is 11.6. The van der Waals surface area contributed by atoms with Gasteiger partial charge in [-0.25, -0.2) is 0 Å². The van der Waals surface area contributed by atoms with Crippen LogP contribution in [0.1, 0.15) is 18.9 Å². The van der Waals surface area contributed by atoms with Gasteiger partial charge in [0, 0.05) is 40.2 Å². The Morgan fingerprint density at radius 3 is 2.84 bits per heavy atom. The fourth-order valence-electron chi connectivity index (χ4n) is 2.43. The summed E-state index contributed by atoms with van der Waals surface area (Å²) in [5.74, 6) is 0.604. The minimum atomic E-state index is -0.113. The largest absolute Gasteiger partial charge is 0.488 e. The van der Waals surface area contributed by atoms with E-state index >= 15 is 0 Å². The Bertz CT molecular complexity index is 923. The SMILES string of the molecule is CCC(=O)Nc1ccc(Cl)c(COc2cccc3cnccc23)c1Cl. The van der Waals surface area contributed by atoms with Gasteiger partial charge in [0.2, 0.25) is 5.91 Å². The van der Waals surface area contributed by atoms with E-state index in [0.717, 1.165) is 16.5 Å². The first-order valence-electron chi connectivity index (χ1n) is 7.82. The summed E-state index contributed by atoms with van der Waals surface area (Å²) >= 11 is 12.7. The van der Waals surface area contributed by atoms with Crippen LogP contribution < -0.4 is 10.1 Å². The molecule has 0 aliphatic carbocycles. The highest BCUT2D eigenvalue weighted by molar-refractivity contribution is 6.38. The quantitative estimate of drug-likeness (QED) is 0.643. The molecule has 0 saturated heterocycles. The van der Waals surface area contributed by atoms with Crippen molar-refractivity contribution in [2.75, 3.05) is 5.32 Å². The number of nitrogens with one attached hydrogen (secondary N) is 1. The molecule has 0 unspecified atom stereocenters. The number of pyridine rings is 1. The molecule has 0 aliphatic rings. The summed E-state index contributed by atoms with van der Waals surface area (Å²) in [5.41, 5.74) is 1.15. The van der Waals surface area contributed by atoms with Gasteiger partial charge in [-0.15, -0.1) is 0 Å². The van der Waals surface area contributed by atoms with Gasteiger partial charge >= 0.3 is 0 Å². The third-order valence-electron chi connectivity index (χ3n) is 3.79. The second-order valence-electron chi connectivity index (χ2n) is 5.43. The monoisotopic (exact) mass is 374 g/mol. The van der Waals surface area contributed by atoms with Gasteiger partial charge in [-0.3, -0.25) is 9.78 Å². The van der Waals surface area contributed by atoms with Gasteiger partial charge in [-0.1, -0.05) is 42.3 Å². The van der Waals surface area contributed by atoms with E-state index in [9.17, 15) is 4.79 Å². The Balaban J connectivity index is 1.87. The highest BCUT2D eigenvalue weighted by atomic mass is 35.5. The molecule has 1 aromatic heterocycles. The topological polar surface area (TPSA) is 51.2 Å². The summed E-state index contributed by atoms with van der Waals surface area (Å²) in [6, 6.07) is 11.0. The molecule has 0 aliphatic heterocycles. The van der Waals surface area contributed by atoms with Gasteiger partial charge in [-0.05, 0) is 24.3 Å². The number of hydrogen-bond acceptors (Lipinski definition) is 3. The number of carbonyl (C=O) groups excluding carboxylic acids is 1. The summed E-state index contributed by atoms with van der Waals surface area (Å²) in [6.07, 6.45) is 3.87. The smallest absolute Gasteiger partial charge is 0.224 e. The van der Waals surface area contributed by atoms with Crippen molar-refractivity contribution in [1.82, 2.24) is 4.98 Å². The van der Waals surface area contributed by atoms with Crippen LogP contribution in [0.4, 0.5) is 5.69 Å². The van der Waals surface area contributed by atoms with Gasteiger partial charge in [0.25, 0.3) is 0 Å². The van der Waals surface area contributed by atoms with E-state index in [1.54, 1.807) is 31.5 Å². The third kappa shape index (κ3) is 3.86. The van der Waals surface area contributed by atoms with Crippen molar-refractivity contribution in [3.63, 3.8) is 0 Å². The molecule has 6 heteroatoms. The van der Waals surface area contributed by atoms with Crippen molar-refractivity contribution >= 4 is 45.6 Å². The van der Waals surface area contributed by atoms with E-state index in [1.165, 1.54) is 0 Å². The van der Waals surface area contributed by atoms with Crippen molar-refractivity contribution in [3.8, 4) is 5.75 Å². The van der Waals surface area contributed by atoms with Gasteiger partial charge in [-0.2, -0.15) is 0 Å². The minimum Gasteiger partial charge on any atom is -0.488 e. The zero-order chi connectivity index (χ0) is 17.8. The molecule has 0 atom stereocenters. The van der Waals surface area contributed by atoms with Gasteiger partial charge in [0.05, 0.1) is 10.7 Å². The van der Waals surface area contributed by atoms with Crippen LogP contribution in [0.15, 0.2) is 48.8 Å². The average molecular weight is 375 g/mol. The first-order valence-corrected chi connectivity index (χ1v) is 8.58. The predicted molar refractivity (Wildman–Crippen MR) is 101 cm³/mol. The molecule has 0 spiro atoms. The number of benzene rings is 2. The second kappa shape index (κ2) is 7.72. The molecule has 1 heterocycles. The summed E-state index contributed by atoms with van der Waals surface area (Å²) < 4.78 is 5.94. The first kappa shape index (κ1) is 17.5. The van der Waals surface area contributed by atoms with E-state index in [2.05, 4.69) is 10.3 Å². The standard InChI is InChI=1S/C19H16Cl2N2O2/c1-2-18(24)23-16-7-6-15(20)14(19(16)21)11-25-17-5-3-4-12-10-22-9-8-13(12)17/h3-10H,2,11H2,1H3,(H,23,24). The Morgan fingerprint density at radius 2 is 2.04 bits per heavy atom. The van der Waals surface area contributed by atoms with Gasteiger partial charge in [0.15, 0.2) is 0 Å². The zero-order valence-electron chi connectivity index (χ0n) is 13.6. The van der Waals surface area contributed by atoms with Crippen LogP contribution in [0.25, 0.3) is 10.8 Å². The number of fused-ring (bicyclic) bond motifs is 1. The van der Waals surface area contributed by atoms with E-state index in [-0.39, 0.29) is 12.5 Å². The van der Waals surface area contributed by atoms with Crippen molar-refractivity contribution < 1.29 is 9.53 Å². The summed E-state index contributed by atoms with van der Waals surface area (Å²) in [7, 11) is 0. The minimum absolute atomic E-state index is 0.113. The molecule has 1 N–H and O–H groups in total. The van der Waals surface area contributed by atoms with E-state index in [0.29, 0.717) is 27.7 Å². The predicted octanol–water partition coefficient (Wildman–Crippen LogP) is 5.47. The fourth-order valence-corrected chi connectivity index (χ4v) is 2.96. The molecular formula is C19H16Cl2N2O2. The lowest BCUT2D eigenvalue weighted by molar-refractivity contribution is -0.115. The van der Waals surface area contributed by atoms with E-state index in [4.69, 9.17) is 27.9 Å². The molecule has 25 heavy (non-hydrogen) atoms. The van der Waals surface area contributed by atoms with Crippen molar-refractivity contribution in [2.45, 2.75) is 20.0 Å². The van der Waals surface area contributed by atoms with Crippen molar-refractivity contribution in [2.24, 2.45) is 0 Å². The number of aromatic nitrogens is 1. The van der Waals surface area contributed by atoms with E-state index < -0.39 is 0 Å². The Kier molecular flexibility index (Phi) is 5.41. The molecule has 128 valence electrons. The van der Waals surface area contributed by atoms with Crippen LogP contribution in [0, 0.1) is 0 Å². The van der Waals surface area contributed by atoms with Crippen molar-refractivity contribution in [3.05, 3.63) is 64.4 Å². The molecule has 1 amide bonds. The maximum Gasteiger partial charge on any atom is 0.224 e. The summed E-state index contributed by atoms with van der Waals surface area (Å²) in [6.45, 7) is 1.97. The van der Waals surface area contributed by atoms with Crippen LogP contribution in [-0.4, -0.2) is 10.9 Å². The molecule has 0 bridgehead atoms. The van der Waals surface area contributed by atoms with Gasteiger partial charge < -0.3 is 10.1 Å². The number of carbonyl (C=O) groups is 1. The molecular weight excluding hydrogens is 359 g/mol. The number of hydrogen-bond donors (Lipinski definition) is 1. The second-order valence-corrected chi connectivity index (χ2v) is 6.22. The lowest BCUT2D eigenvalue weighted by Crippen LogP contribution is -2.11. The normalized spacial score (nSPS) is 10.7. The number of halogens is 2. The number of anilines is 1.